The van der Waals surface area contributed by atoms with Gasteiger partial charge in [-0.1, -0.05) is 15.9 Å². The molecule has 4 atom stereocenters. The Balaban J connectivity index is 2.11. The molecule has 2 fully saturated rings. The van der Waals surface area contributed by atoms with E-state index in [9.17, 15) is 9.59 Å². The van der Waals surface area contributed by atoms with Gasteiger partial charge in [0.05, 0.1) is 13.7 Å². The third kappa shape index (κ3) is 3.71. The molecule has 120 valence electrons. The summed E-state index contributed by atoms with van der Waals surface area (Å²) in [6, 6.07) is -0.493. The van der Waals surface area contributed by atoms with E-state index in [0.29, 0.717) is 37.3 Å². The average molecular weight is 362 g/mol. The van der Waals surface area contributed by atoms with E-state index in [-0.39, 0.29) is 5.97 Å². The average Bonchev–Trinajstić information content (AvgIpc) is 2.52. The van der Waals surface area contributed by atoms with Crippen molar-refractivity contribution in [2.75, 3.05) is 25.6 Å². The van der Waals surface area contributed by atoms with Gasteiger partial charge in [0.25, 0.3) is 0 Å². The highest BCUT2D eigenvalue weighted by Gasteiger charge is 2.44. The number of carbonyl (C=O) groups is 2. The maximum atomic E-state index is 12.2. The lowest BCUT2D eigenvalue weighted by atomic mass is 9.69. The van der Waals surface area contributed by atoms with Crippen molar-refractivity contribution < 1.29 is 19.1 Å². The van der Waals surface area contributed by atoms with Crippen LogP contribution in [0.4, 0.5) is 4.79 Å². The number of hydrogen-bond acceptors (Lipinski definition) is 4. The fourth-order valence-corrected chi connectivity index (χ4v) is 4.26. The number of likely N-dealkylation sites (tertiary alicyclic amines) is 1. The predicted octanol–water partition coefficient (Wildman–Crippen LogP) is 2.82. The van der Waals surface area contributed by atoms with Crippen LogP contribution in [0, 0.1) is 17.8 Å². The molecule has 0 aromatic carbocycles. The number of esters is 1. The van der Waals surface area contributed by atoms with Crippen molar-refractivity contribution in [3.63, 3.8) is 0 Å². The van der Waals surface area contributed by atoms with E-state index in [1.807, 2.05) is 0 Å². The van der Waals surface area contributed by atoms with Crippen LogP contribution in [0.25, 0.3) is 0 Å². The van der Waals surface area contributed by atoms with Crippen LogP contribution in [0.15, 0.2) is 0 Å². The molecule has 2 rings (SSSR count). The molecule has 0 aromatic rings. The molecular formula is C15H24BrNO4. The molecule has 0 bridgehead atoms. The van der Waals surface area contributed by atoms with Gasteiger partial charge in [0.2, 0.25) is 0 Å². The Morgan fingerprint density at radius 1 is 1.24 bits per heavy atom. The van der Waals surface area contributed by atoms with Crippen LogP contribution in [0.3, 0.4) is 0 Å². The summed E-state index contributed by atoms with van der Waals surface area (Å²) in [6.07, 6.45) is 3.70. The molecule has 2 aliphatic rings. The van der Waals surface area contributed by atoms with E-state index in [2.05, 4.69) is 15.9 Å². The molecule has 0 aromatic heterocycles. The molecule has 1 saturated heterocycles. The maximum absolute atomic E-state index is 12.2. The van der Waals surface area contributed by atoms with E-state index in [0.717, 1.165) is 18.2 Å². The first kappa shape index (κ1) is 16.6. The summed E-state index contributed by atoms with van der Waals surface area (Å²) in [5.41, 5.74) is 0. The lowest BCUT2D eigenvalue weighted by molar-refractivity contribution is -0.152. The molecule has 0 N–H and O–H groups in total. The van der Waals surface area contributed by atoms with Gasteiger partial charge in [-0.05, 0) is 50.4 Å². The van der Waals surface area contributed by atoms with E-state index in [1.54, 1.807) is 11.8 Å². The molecule has 1 amide bonds. The van der Waals surface area contributed by atoms with Crippen molar-refractivity contribution in [3.05, 3.63) is 0 Å². The van der Waals surface area contributed by atoms with E-state index in [4.69, 9.17) is 9.47 Å². The van der Waals surface area contributed by atoms with Gasteiger partial charge in [0.1, 0.15) is 6.04 Å². The number of halogens is 1. The van der Waals surface area contributed by atoms with Crippen LogP contribution < -0.4 is 0 Å². The van der Waals surface area contributed by atoms with Gasteiger partial charge in [0.15, 0.2) is 0 Å². The van der Waals surface area contributed by atoms with Gasteiger partial charge < -0.3 is 9.47 Å². The van der Waals surface area contributed by atoms with Crippen molar-refractivity contribution in [3.8, 4) is 0 Å². The largest absolute Gasteiger partial charge is 0.464 e. The topological polar surface area (TPSA) is 55.8 Å². The second-order valence-electron chi connectivity index (χ2n) is 5.98. The molecule has 21 heavy (non-hydrogen) atoms. The number of fused-ring (bicyclic) bond motifs is 1. The van der Waals surface area contributed by atoms with Gasteiger partial charge in [-0.2, -0.15) is 0 Å². The number of nitrogens with zero attached hydrogens (tertiary/aromatic N) is 1. The van der Waals surface area contributed by atoms with Crippen molar-refractivity contribution in [2.24, 2.45) is 17.8 Å². The van der Waals surface area contributed by atoms with E-state index >= 15 is 0 Å². The third-order valence-corrected chi connectivity index (χ3v) is 5.68. The molecule has 1 aliphatic carbocycles. The minimum absolute atomic E-state index is 0.303. The Bertz CT molecular complexity index is 390. The normalized spacial score (nSPS) is 32.2. The Labute approximate surface area is 134 Å². The zero-order chi connectivity index (χ0) is 15.4. The zero-order valence-electron chi connectivity index (χ0n) is 12.7. The Kier molecular flexibility index (Phi) is 5.90. The lowest BCUT2D eigenvalue weighted by Crippen LogP contribution is -2.55. The first-order valence-electron chi connectivity index (χ1n) is 7.67. The number of rotatable bonds is 3. The molecule has 1 heterocycles. The van der Waals surface area contributed by atoms with Crippen molar-refractivity contribution >= 4 is 28.0 Å². The molecule has 5 nitrogen and oxygen atoms in total. The van der Waals surface area contributed by atoms with Crippen LogP contribution in [0.1, 0.15) is 32.6 Å². The minimum atomic E-state index is -0.493. The van der Waals surface area contributed by atoms with Crippen LogP contribution in [-0.4, -0.2) is 48.6 Å². The minimum Gasteiger partial charge on any atom is -0.464 e. The number of piperidine rings is 1. The van der Waals surface area contributed by atoms with Crippen molar-refractivity contribution in [1.82, 2.24) is 4.90 Å². The molecule has 0 unspecified atom stereocenters. The van der Waals surface area contributed by atoms with Gasteiger partial charge in [-0.25, -0.2) is 9.59 Å². The SMILES string of the molecule is CCOC(=O)[C@H]1C[C@@H]2C[C@@H](CBr)CC[C@@H]2CN1C(=O)OC. The number of alkyl halides is 1. The van der Waals surface area contributed by atoms with E-state index in [1.165, 1.54) is 13.5 Å². The third-order valence-electron chi connectivity index (χ3n) is 4.77. The van der Waals surface area contributed by atoms with Crippen LogP contribution in [0.5, 0.6) is 0 Å². The summed E-state index contributed by atoms with van der Waals surface area (Å²) in [4.78, 5) is 25.7. The first-order chi connectivity index (χ1) is 10.1. The maximum Gasteiger partial charge on any atom is 0.410 e. The summed E-state index contributed by atoms with van der Waals surface area (Å²) in [5.74, 6) is 1.35. The standard InChI is InChI=1S/C15H24BrNO4/c1-3-21-14(18)13-7-12-6-10(8-16)4-5-11(12)9-17(13)15(19)20-2/h10-13H,3-9H2,1-2H3/t10-,11+,12-,13+/m0/s1. The van der Waals surface area contributed by atoms with Gasteiger partial charge in [-0.15, -0.1) is 0 Å². The van der Waals surface area contributed by atoms with Gasteiger partial charge in [0, 0.05) is 11.9 Å². The molecule has 1 saturated carbocycles. The lowest BCUT2D eigenvalue weighted by Gasteiger charge is -2.45. The number of carbonyl (C=O) groups excluding carboxylic acids is 2. The fourth-order valence-electron chi connectivity index (χ4n) is 3.67. The quantitative estimate of drug-likeness (QED) is 0.572. The number of methoxy groups -OCH3 is 1. The fraction of sp³-hybridized carbons (Fsp3) is 0.867. The molecule has 0 spiro atoms. The van der Waals surface area contributed by atoms with Crippen LogP contribution in [-0.2, 0) is 14.3 Å². The summed E-state index contributed by atoms with van der Waals surface area (Å²) in [5, 5.41) is 1.01. The number of ether oxygens (including phenoxy) is 2. The molecule has 1 aliphatic heterocycles. The second kappa shape index (κ2) is 7.47. The smallest absolute Gasteiger partial charge is 0.410 e. The van der Waals surface area contributed by atoms with Crippen molar-refractivity contribution in [2.45, 2.75) is 38.6 Å². The Morgan fingerprint density at radius 3 is 2.62 bits per heavy atom. The predicted molar refractivity (Wildman–Crippen MR) is 82.3 cm³/mol. The van der Waals surface area contributed by atoms with E-state index < -0.39 is 12.1 Å². The zero-order valence-corrected chi connectivity index (χ0v) is 14.3. The summed E-state index contributed by atoms with van der Waals surface area (Å²) < 4.78 is 9.98. The van der Waals surface area contributed by atoms with Crippen molar-refractivity contribution in [1.29, 1.82) is 0 Å². The summed E-state index contributed by atoms with van der Waals surface area (Å²) in [6.45, 7) is 2.73. The summed E-state index contributed by atoms with van der Waals surface area (Å²) >= 11 is 3.57. The second-order valence-corrected chi connectivity index (χ2v) is 6.63. The monoisotopic (exact) mass is 361 g/mol. The Hall–Kier alpha value is -0.780. The number of amides is 1. The van der Waals surface area contributed by atoms with Gasteiger partial charge in [-0.3, -0.25) is 4.90 Å². The Morgan fingerprint density at radius 2 is 2.00 bits per heavy atom. The van der Waals surface area contributed by atoms with Crippen LogP contribution in [0.2, 0.25) is 0 Å². The molecule has 6 heteroatoms. The summed E-state index contributed by atoms with van der Waals surface area (Å²) in [7, 11) is 1.36. The number of hydrogen-bond donors (Lipinski definition) is 0. The van der Waals surface area contributed by atoms with Crippen LogP contribution >= 0.6 is 15.9 Å². The highest BCUT2D eigenvalue weighted by molar-refractivity contribution is 9.09. The molecular weight excluding hydrogens is 338 g/mol. The highest BCUT2D eigenvalue weighted by atomic mass is 79.9. The van der Waals surface area contributed by atoms with Gasteiger partial charge >= 0.3 is 12.1 Å². The molecule has 0 radical (unpaired) electrons. The first-order valence-corrected chi connectivity index (χ1v) is 8.80. The highest BCUT2D eigenvalue weighted by Crippen LogP contribution is 2.41.